The summed E-state index contributed by atoms with van der Waals surface area (Å²) in [5.74, 6) is 0.0404. The molecule has 1 heterocycles. The summed E-state index contributed by atoms with van der Waals surface area (Å²) in [4.78, 5) is 26.5. The van der Waals surface area contributed by atoms with Crippen LogP contribution in [0.4, 0.5) is 0 Å². The van der Waals surface area contributed by atoms with E-state index in [1.165, 1.54) is 11.3 Å². The predicted octanol–water partition coefficient (Wildman–Crippen LogP) is 8.47. The Morgan fingerprint density at radius 1 is 0.818 bits per heavy atom. The number of carbonyl (C=O) groups is 2. The first-order valence-corrected chi connectivity index (χ1v) is 16.7. The molecule has 8 heteroatoms. The average Bonchev–Trinajstić information content (AvgIpc) is 3.49. The molecule has 44 heavy (non-hydrogen) atoms. The molecular formula is C36H34NO5PS. The minimum atomic E-state index is -1.35. The van der Waals surface area contributed by atoms with Crippen LogP contribution in [0.5, 0.6) is 5.75 Å². The molecule has 5 aromatic rings. The number of esters is 2. The van der Waals surface area contributed by atoms with Crippen molar-refractivity contribution < 1.29 is 23.6 Å². The summed E-state index contributed by atoms with van der Waals surface area (Å²) in [6.45, 7) is 3.97. The monoisotopic (exact) mass is 623 g/mol. The van der Waals surface area contributed by atoms with Gasteiger partial charge >= 0.3 is 11.9 Å². The largest absolute Gasteiger partial charge is 0.460 e. The highest BCUT2D eigenvalue weighted by atomic mass is 32.1. The summed E-state index contributed by atoms with van der Waals surface area (Å²) >= 11 is 1.40. The van der Waals surface area contributed by atoms with Gasteiger partial charge in [0.15, 0.2) is 8.30 Å². The van der Waals surface area contributed by atoms with Crippen LogP contribution in [0.3, 0.4) is 0 Å². The van der Waals surface area contributed by atoms with Crippen LogP contribution >= 0.6 is 19.6 Å². The van der Waals surface area contributed by atoms with Crippen molar-refractivity contribution in [1.82, 2.24) is 5.09 Å². The normalized spacial score (nSPS) is 12.3. The highest BCUT2D eigenvalue weighted by molar-refractivity contribution is 7.50. The molecule has 6 nitrogen and oxygen atoms in total. The van der Waals surface area contributed by atoms with Crippen molar-refractivity contribution in [2.24, 2.45) is 0 Å². The maximum absolute atomic E-state index is 13.5. The first kappa shape index (κ1) is 31.1. The highest BCUT2D eigenvalue weighted by Gasteiger charge is 2.26. The van der Waals surface area contributed by atoms with Crippen molar-refractivity contribution in [2.45, 2.75) is 31.7 Å². The summed E-state index contributed by atoms with van der Waals surface area (Å²) in [6, 6.07) is 36.8. The lowest BCUT2D eigenvalue weighted by molar-refractivity contribution is -0.147. The Labute approximate surface area is 263 Å². The van der Waals surface area contributed by atoms with Crippen LogP contribution in [0.25, 0.3) is 10.1 Å². The number of aryl methyl sites for hydroxylation is 1. The van der Waals surface area contributed by atoms with E-state index in [1.807, 2.05) is 97.1 Å². The van der Waals surface area contributed by atoms with Crippen LogP contribution in [0, 0.1) is 0 Å². The molecule has 5 rings (SSSR count). The molecule has 1 aromatic heterocycles. The van der Waals surface area contributed by atoms with Gasteiger partial charge < -0.3 is 14.0 Å². The summed E-state index contributed by atoms with van der Waals surface area (Å²) in [5.41, 5.74) is 3.10. The van der Waals surface area contributed by atoms with Crippen LogP contribution in [0.1, 0.15) is 32.8 Å². The number of ether oxygens (including phenoxy) is 2. The fourth-order valence-electron chi connectivity index (χ4n) is 4.57. The van der Waals surface area contributed by atoms with Crippen LogP contribution in [0.2, 0.25) is 0 Å². The van der Waals surface area contributed by atoms with Crippen molar-refractivity contribution in [2.75, 3.05) is 6.61 Å². The second kappa shape index (κ2) is 16.0. The molecule has 0 aliphatic carbocycles. The summed E-state index contributed by atoms with van der Waals surface area (Å²) < 4.78 is 18.5. The minimum absolute atomic E-state index is 0.171. The molecular weight excluding hydrogens is 589 g/mol. The van der Waals surface area contributed by atoms with E-state index in [9.17, 15) is 9.59 Å². The number of para-hydroxylation sites is 1. The summed E-state index contributed by atoms with van der Waals surface area (Å²) in [6.07, 6.45) is 3.35. The van der Waals surface area contributed by atoms with Gasteiger partial charge in [0.05, 0.1) is 0 Å². The lowest BCUT2D eigenvalue weighted by Gasteiger charge is -2.25. The van der Waals surface area contributed by atoms with Gasteiger partial charge in [-0.15, -0.1) is 11.3 Å². The van der Waals surface area contributed by atoms with Crippen molar-refractivity contribution in [3.8, 4) is 5.75 Å². The average molecular weight is 624 g/mol. The molecule has 2 unspecified atom stereocenters. The Morgan fingerprint density at radius 3 is 2.20 bits per heavy atom. The number of nitrogens with one attached hydrogen (secondary N) is 1. The fourth-order valence-corrected chi connectivity index (χ4v) is 7.20. The zero-order valence-corrected chi connectivity index (χ0v) is 26.0. The van der Waals surface area contributed by atoms with Gasteiger partial charge in [-0.1, -0.05) is 97.6 Å². The smallest absolute Gasteiger partial charge is 0.348 e. The maximum Gasteiger partial charge on any atom is 0.348 e. The highest BCUT2D eigenvalue weighted by Crippen LogP contribution is 2.40. The van der Waals surface area contributed by atoms with E-state index in [2.05, 4.69) is 29.9 Å². The van der Waals surface area contributed by atoms with Crippen LogP contribution in [-0.4, -0.2) is 24.6 Å². The number of benzene rings is 4. The lowest BCUT2D eigenvalue weighted by Crippen LogP contribution is -2.36. The standard InChI is InChI=1S/C36H34NO5PS/c1-2-22-40-36(39)34-24-30-23-29(19-21-33(30)44-34)26-43(42-31-16-10-5-11-17-31)37-32(20-18-27-12-6-3-7-13-27)35(38)41-25-28-14-8-4-9-15-28/h2-17,19,21,23-24,32,37H,1,18,20,22,25-26H2. The molecule has 4 aromatic carbocycles. The third-order valence-corrected chi connectivity index (χ3v) is 9.55. The fraction of sp³-hybridized carbons (Fsp3) is 0.167. The quantitative estimate of drug-likeness (QED) is 0.0717. The van der Waals surface area contributed by atoms with Crippen LogP contribution in [-0.2, 0) is 33.5 Å². The second-order valence-electron chi connectivity index (χ2n) is 10.1. The zero-order chi connectivity index (χ0) is 30.6. The molecule has 2 atom stereocenters. The molecule has 0 amide bonds. The van der Waals surface area contributed by atoms with Gasteiger partial charge in [-0.05, 0) is 65.3 Å². The Kier molecular flexibility index (Phi) is 11.3. The van der Waals surface area contributed by atoms with Gasteiger partial charge in [0.25, 0.3) is 0 Å². The van der Waals surface area contributed by atoms with E-state index in [4.69, 9.17) is 14.0 Å². The molecule has 1 N–H and O–H groups in total. The number of carbonyl (C=O) groups excluding carboxylic acids is 2. The van der Waals surface area contributed by atoms with Crippen molar-refractivity contribution in [3.05, 3.63) is 149 Å². The van der Waals surface area contributed by atoms with Crippen molar-refractivity contribution in [1.29, 1.82) is 0 Å². The Morgan fingerprint density at radius 2 is 1.50 bits per heavy atom. The van der Waals surface area contributed by atoms with Gasteiger partial charge in [0, 0.05) is 10.9 Å². The third kappa shape index (κ3) is 9.10. The number of hydrogen-bond donors (Lipinski definition) is 1. The van der Waals surface area contributed by atoms with E-state index in [-0.39, 0.29) is 25.2 Å². The number of fused-ring (bicyclic) bond motifs is 1. The topological polar surface area (TPSA) is 73.9 Å². The third-order valence-electron chi connectivity index (χ3n) is 6.77. The Hall–Kier alpha value is -4.29. The van der Waals surface area contributed by atoms with Crippen LogP contribution in [0.15, 0.2) is 128 Å². The van der Waals surface area contributed by atoms with Crippen molar-refractivity contribution in [3.63, 3.8) is 0 Å². The van der Waals surface area contributed by atoms with Gasteiger partial charge in [0.2, 0.25) is 0 Å². The second-order valence-corrected chi connectivity index (χ2v) is 12.7. The van der Waals surface area contributed by atoms with Gasteiger partial charge in [-0.25, -0.2) is 9.88 Å². The lowest BCUT2D eigenvalue weighted by atomic mass is 10.1. The molecule has 0 bridgehead atoms. The molecule has 0 aliphatic heterocycles. The summed E-state index contributed by atoms with van der Waals surface area (Å²) in [5, 5.41) is 4.49. The Balaban J connectivity index is 1.36. The predicted molar refractivity (Wildman–Crippen MR) is 178 cm³/mol. The molecule has 0 saturated heterocycles. The molecule has 0 radical (unpaired) electrons. The Bertz CT molecular complexity index is 1660. The molecule has 0 saturated carbocycles. The van der Waals surface area contributed by atoms with E-state index in [0.29, 0.717) is 23.9 Å². The van der Waals surface area contributed by atoms with Gasteiger partial charge in [-0.2, -0.15) is 0 Å². The van der Waals surface area contributed by atoms with Gasteiger partial charge in [0.1, 0.15) is 29.9 Å². The maximum atomic E-state index is 13.5. The van der Waals surface area contributed by atoms with E-state index in [1.54, 1.807) is 6.08 Å². The first-order chi connectivity index (χ1) is 21.6. The van der Waals surface area contributed by atoms with E-state index < -0.39 is 14.3 Å². The number of rotatable bonds is 15. The molecule has 0 fully saturated rings. The van der Waals surface area contributed by atoms with Crippen molar-refractivity contribution >= 4 is 41.7 Å². The minimum Gasteiger partial charge on any atom is -0.460 e. The molecule has 0 spiro atoms. The van der Waals surface area contributed by atoms with Crippen LogP contribution < -0.4 is 9.61 Å². The zero-order valence-electron chi connectivity index (χ0n) is 24.3. The first-order valence-electron chi connectivity index (χ1n) is 14.4. The van der Waals surface area contributed by atoms with E-state index >= 15 is 0 Å². The number of thiophene rings is 1. The van der Waals surface area contributed by atoms with E-state index in [0.717, 1.165) is 32.5 Å². The SMILES string of the molecule is C=CCOC(=O)c1cc2cc(CP(NC(CCc3ccccc3)C(=O)OCc3ccccc3)Oc3ccccc3)ccc2s1. The van der Waals surface area contributed by atoms with Gasteiger partial charge in [-0.3, -0.25) is 4.79 Å². The number of hydrogen-bond acceptors (Lipinski definition) is 7. The summed E-state index contributed by atoms with van der Waals surface area (Å²) in [7, 11) is -1.35. The molecule has 224 valence electrons. The molecule has 0 aliphatic rings.